The van der Waals surface area contributed by atoms with Crippen molar-refractivity contribution in [2.24, 2.45) is 7.05 Å². The molecule has 0 aliphatic carbocycles. The largest absolute Gasteiger partial charge is 0.329 e. The van der Waals surface area contributed by atoms with Crippen molar-refractivity contribution in [3.63, 3.8) is 0 Å². The summed E-state index contributed by atoms with van der Waals surface area (Å²) in [4.78, 5) is 28.9. The van der Waals surface area contributed by atoms with Gasteiger partial charge in [0.1, 0.15) is 0 Å². The molecular formula is C20H16N4O2. The van der Waals surface area contributed by atoms with Gasteiger partial charge in [-0.25, -0.2) is 4.79 Å². The van der Waals surface area contributed by atoms with E-state index < -0.39 is 0 Å². The van der Waals surface area contributed by atoms with E-state index in [4.69, 9.17) is 5.26 Å². The first kappa shape index (κ1) is 15.9. The minimum absolute atomic E-state index is 0.0895. The summed E-state index contributed by atoms with van der Waals surface area (Å²) in [6.07, 6.45) is 0. The minimum Gasteiger partial charge on any atom is -0.329 e. The van der Waals surface area contributed by atoms with Crippen molar-refractivity contribution in [1.29, 1.82) is 5.26 Å². The third-order valence-corrected chi connectivity index (χ3v) is 4.80. The molecular weight excluding hydrogens is 328 g/mol. The number of hydrogen-bond donors (Lipinski definition) is 1. The quantitative estimate of drug-likeness (QED) is 0.741. The summed E-state index contributed by atoms with van der Waals surface area (Å²) >= 11 is 0. The number of imidazole rings is 1. The number of rotatable bonds is 3. The lowest BCUT2D eigenvalue weighted by molar-refractivity contribution is 0.0794. The van der Waals surface area contributed by atoms with Crippen molar-refractivity contribution in [3.8, 4) is 17.2 Å². The van der Waals surface area contributed by atoms with Crippen LogP contribution in [0.2, 0.25) is 0 Å². The number of aryl methyl sites for hydroxylation is 1. The number of nitrogens with zero attached hydrogens (tertiary/aromatic N) is 3. The van der Waals surface area contributed by atoms with E-state index in [9.17, 15) is 9.59 Å². The van der Waals surface area contributed by atoms with Crippen LogP contribution in [0.5, 0.6) is 0 Å². The summed E-state index contributed by atoms with van der Waals surface area (Å²) in [5.41, 5.74) is 5.26. The highest BCUT2D eigenvalue weighted by Crippen LogP contribution is 2.33. The molecule has 1 aromatic heterocycles. The Bertz CT molecular complexity index is 1180. The maximum absolute atomic E-state index is 12.6. The van der Waals surface area contributed by atoms with Gasteiger partial charge in [-0.15, -0.1) is 0 Å². The van der Waals surface area contributed by atoms with Gasteiger partial charge in [-0.2, -0.15) is 5.26 Å². The van der Waals surface area contributed by atoms with Gasteiger partial charge < -0.3 is 9.88 Å². The fourth-order valence-corrected chi connectivity index (χ4v) is 3.45. The van der Waals surface area contributed by atoms with Gasteiger partial charge in [-0.3, -0.25) is 9.36 Å². The van der Waals surface area contributed by atoms with Gasteiger partial charge in [0.25, 0.3) is 5.91 Å². The van der Waals surface area contributed by atoms with E-state index in [0.717, 1.165) is 27.7 Å². The number of nitrogens with one attached hydrogen (secondary N) is 1. The van der Waals surface area contributed by atoms with Gasteiger partial charge in [0.05, 0.1) is 23.6 Å². The van der Waals surface area contributed by atoms with Crippen LogP contribution in [0.3, 0.4) is 0 Å². The highest BCUT2D eigenvalue weighted by molar-refractivity contribution is 6.01. The minimum atomic E-state index is -0.160. The number of carbonyl (C=O) groups is 1. The first-order chi connectivity index (χ1) is 12.5. The van der Waals surface area contributed by atoms with Gasteiger partial charge in [-0.1, -0.05) is 24.8 Å². The predicted molar refractivity (Wildman–Crippen MR) is 98.5 cm³/mol. The molecule has 2 heterocycles. The second kappa shape index (κ2) is 5.74. The lowest BCUT2D eigenvalue weighted by atomic mass is 9.96. The highest BCUT2D eigenvalue weighted by Gasteiger charge is 2.29. The van der Waals surface area contributed by atoms with Gasteiger partial charge in [0.15, 0.2) is 0 Å². The van der Waals surface area contributed by atoms with Crippen molar-refractivity contribution in [3.05, 3.63) is 70.2 Å². The topological polar surface area (TPSA) is 81.9 Å². The first-order valence-corrected chi connectivity index (χ1v) is 8.18. The van der Waals surface area contributed by atoms with Crippen LogP contribution in [-0.4, -0.2) is 26.9 Å². The molecule has 0 atom stereocenters. The normalized spacial score (nSPS) is 13.1. The summed E-state index contributed by atoms with van der Waals surface area (Å²) in [5, 5.41) is 8.94. The Kier molecular flexibility index (Phi) is 3.51. The molecule has 1 amide bonds. The zero-order valence-electron chi connectivity index (χ0n) is 14.2. The lowest BCUT2D eigenvalue weighted by Gasteiger charge is -2.14. The average molecular weight is 344 g/mol. The SMILES string of the molecule is C=C(C#N)CN1Cc2c(cccc2-c2ccc3[nH]c(=O)n(C)c3c2)C1=O. The van der Waals surface area contributed by atoms with Crippen molar-refractivity contribution in [2.75, 3.05) is 6.54 Å². The molecule has 0 saturated carbocycles. The Morgan fingerprint density at radius 3 is 2.81 bits per heavy atom. The molecule has 3 aromatic rings. The van der Waals surface area contributed by atoms with Crippen LogP contribution in [0.15, 0.2) is 53.3 Å². The van der Waals surface area contributed by atoms with Crippen molar-refractivity contribution in [1.82, 2.24) is 14.5 Å². The van der Waals surface area contributed by atoms with E-state index >= 15 is 0 Å². The zero-order valence-corrected chi connectivity index (χ0v) is 14.2. The van der Waals surface area contributed by atoms with Crippen LogP contribution in [-0.2, 0) is 13.6 Å². The van der Waals surface area contributed by atoms with Gasteiger partial charge in [-0.05, 0) is 34.9 Å². The van der Waals surface area contributed by atoms with Crippen LogP contribution < -0.4 is 5.69 Å². The molecule has 0 saturated heterocycles. The fraction of sp³-hybridized carbons (Fsp3) is 0.150. The standard InChI is InChI=1S/C20H16N4O2/c1-12(9-21)10-24-11-16-14(4-3-5-15(16)19(24)25)13-6-7-17-18(8-13)23(2)20(26)22-17/h3-8H,1,10-11H2,2H3,(H,22,26). The Balaban J connectivity index is 1.81. The molecule has 128 valence electrons. The monoisotopic (exact) mass is 344 g/mol. The van der Waals surface area contributed by atoms with Gasteiger partial charge in [0.2, 0.25) is 0 Å². The third-order valence-electron chi connectivity index (χ3n) is 4.80. The van der Waals surface area contributed by atoms with Crippen LogP contribution >= 0.6 is 0 Å². The van der Waals surface area contributed by atoms with Crippen molar-refractivity contribution in [2.45, 2.75) is 6.54 Å². The molecule has 6 nitrogen and oxygen atoms in total. The molecule has 0 bridgehead atoms. The summed E-state index contributed by atoms with van der Waals surface area (Å²) in [6.45, 7) is 4.34. The molecule has 0 fully saturated rings. The highest BCUT2D eigenvalue weighted by atomic mass is 16.2. The number of H-pyrrole nitrogens is 1. The third kappa shape index (κ3) is 2.33. The Hall–Kier alpha value is -3.59. The molecule has 1 aliphatic heterocycles. The number of hydrogen-bond acceptors (Lipinski definition) is 3. The van der Waals surface area contributed by atoms with Crippen molar-refractivity contribution < 1.29 is 4.79 Å². The molecule has 0 radical (unpaired) electrons. The molecule has 2 aromatic carbocycles. The summed E-state index contributed by atoms with van der Waals surface area (Å²) in [5.74, 6) is -0.0895. The number of nitriles is 1. The fourth-order valence-electron chi connectivity index (χ4n) is 3.45. The lowest BCUT2D eigenvalue weighted by Crippen LogP contribution is -2.25. The van der Waals surface area contributed by atoms with Crippen molar-refractivity contribution >= 4 is 16.9 Å². The van der Waals surface area contributed by atoms with Crippen LogP contribution in [0.1, 0.15) is 15.9 Å². The van der Waals surface area contributed by atoms with Crippen LogP contribution in [0.4, 0.5) is 0 Å². The Morgan fingerprint density at radius 1 is 1.27 bits per heavy atom. The molecule has 1 aliphatic rings. The van der Waals surface area contributed by atoms with Crippen LogP contribution in [0, 0.1) is 11.3 Å². The zero-order chi connectivity index (χ0) is 18.4. The molecule has 0 unspecified atom stereocenters. The maximum atomic E-state index is 12.6. The molecule has 6 heteroatoms. The average Bonchev–Trinajstić information content (AvgIpc) is 3.11. The van der Waals surface area contributed by atoms with E-state index in [0.29, 0.717) is 17.7 Å². The summed E-state index contributed by atoms with van der Waals surface area (Å²) in [6, 6.07) is 13.4. The maximum Gasteiger partial charge on any atom is 0.326 e. The molecule has 26 heavy (non-hydrogen) atoms. The van der Waals surface area contributed by atoms with Gasteiger partial charge in [0, 0.05) is 24.7 Å². The number of carbonyl (C=O) groups excluding carboxylic acids is 1. The second-order valence-electron chi connectivity index (χ2n) is 6.43. The number of aromatic nitrogens is 2. The molecule has 0 spiro atoms. The molecule has 4 rings (SSSR count). The van der Waals surface area contributed by atoms with Gasteiger partial charge >= 0.3 is 5.69 Å². The van der Waals surface area contributed by atoms with E-state index in [-0.39, 0.29) is 18.1 Å². The van der Waals surface area contributed by atoms with E-state index in [1.165, 1.54) is 0 Å². The number of fused-ring (bicyclic) bond motifs is 2. The second-order valence-corrected chi connectivity index (χ2v) is 6.43. The Morgan fingerprint density at radius 2 is 2.04 bits per heavy atom. The Labute approximate surface area is 149 Å². The molecule has 1 N–H and O–H groups in total. The van der Waals surface area contributed by atoms with E-state index in [1.807, 2.05) is 36.4 Å². The number of aromatic amines is 1. The smallest absolute Gasteiger partial charge is 0.326 e. The number of amides is 1. The van der Waals surface area contributed by atoms with E-state index in [1.54, 1.807) is 22.6 Å². The van der Waals surface area contributed by atoms with E-state index in [2.05, 4.69) is 11.6 Å². The summed E-state index contributed by atoms with van der Waals surface area (Å²) in [7, 11) is 1.72. The predicted octanol–water partition coefficient (Wildman–Crippen LogP) is 2.57. The van der Waals surface area contributed by atoms with Crippen LogP contribution in [0.25, 0.3) is 22.2 Å². The number of benzene rings is 2. The first-order valence-electron chi connectivity index (χ1n) is 8.18. The summed E-state index contributed by atoms with van der Waals surface area (Å²) < 4.78 is 1.57.